The third-order valence-corrected chi connectivity index (χ3v) is 38.4. The van der Waals surface area contributed by atoms with E-state index in [0.29, 0.717) is 58.4 Å². The number of rotatable bonds is 23. The number of carbonyl (C=O) groups excluding carboxylic acids is 1. The maximum Gasteiger partial charge on any atom is 0.211 e. The van der Waals surface area contributed by atoms with Crippen LogP contribution in [0.15, 0.2) is 430 Å². The molecule has 5 heterocycles. The van der Waals surface area contributed by atoms with Gasteiger partial charge in [0, 0.05) is 79.6 Å². The molecule has 13 aromatic carbocycles. The molecular formula is C127H154BrFN4O5S5+4. The van der Waals surface area contributed by atoms with E-state index in [4.69, 9.17) is 19.7 Å². The smallest absolute Gasteiger partial charge is 0.211 e. The van der Waals surface area contributed by atoms with Crippen molar-refractivity contribution in [3.8, 4) is 11.5 Å². The highest BCUT2D eigenvalue weighted by atomic mass is 79.9. The number of aromatic nitrogens is 1. The molecule has 143 heavy (non-hydrogen) atoms. The molecule has 0 amide bonds. The number of nitrogens with zero attached hydrogens (tertiary/aromatic N) is 4. The summed E-state index contributed by atoms with van der Waals surface area (Å²) < 4.78 is 25.8. The predicted octanol–water partition coefficient (Wildman–Crippen LogP) is 28.0. The monoisotopic (exact) mass is 2070 g/mol. The molecule has 0 atom stereocenters. The van der Waals surface area contributed by atoms with Crippen LogP contribution in [0.2, 0.25) is 0 Å². The largest absolute Gasteiger partial charge is 1.00 e. The van der Waals surface area contributed by atoms with Gasteiger partial charge in [0.15, 0.2) is 54.7 Å². The summed E-state index contributed by atoms with van der Waals surface area (Å²) in [5, 5.41) is 18.2. The fraction of sp³-hybridized carbons (Fsp3) is 0.339. The number of allylic oxidation sites excluding steroid dienone is 1. The fourth-order valence-corrected chi connectivity index (χ4v) is 30.1. The summed E-state index contributed by atoms with van der Waals surface area (Å²) in [6.45, 7) is 6.37. The third kappa shape index (κ3) is 36.5. The molecule has 3 saturated heterocycles. The molecule has 0 unspecified atom stereocenters. The number of ether oxygens (including phenoxy) is 2. The van der Waals surface area contributed by atoms with Crippen molar-refractivity contribution in [2.75, 3.05) is 94.3 Å². The van der Waals surface area contributed by atoms with Crippen molar-refractivity contribution >= 4 is 82.6 Å². The molecule has 3 aliphatic carbocycles. The van der Waals surface area contributed by atoms with Crippen molar-refractivity contribution in [3.05, 3.63) is 404 Å². The molecule has 16 heteroatoms. The molecule has 7 aliphatic rings. The number of aliphatic hydroxyl groups is 2. The molecule has 0 spiro atoms. The van der Waals surface area contributed by atoms with E-state index in [1.165, 1.54) is 262 Å². The predicted molar refractivity (Wildman–Crippen MR) is 609 cm³/mol. The molecule has 3 saturated carbocycles. The highest BCUT2D eigenvalue weighted by Crippen LogP contribution is 2.40. The summed E-state index contributed by atoms with van der Waals surface area (Å²) in [5.41, 5.74) is 7.98. The lowest BCUT2D eigenvalue weighted by Gasteiger charge is -2.28. The molecule has 0 bridgehead atoms. The number of benzene rings is 13. The first-order valence-corrected chi connectivity index (χ1v) is 58.5. The van der Waals surface area contributed by atoms with Gasteiger partial charge in [-0.2, -0.15) is 0 Å². The second kappa shape index (κ2) is 64.0. The number of halogens is 2. The zero-order chi connectivity index (χ0) is 98.1. The SMILES string of the molecule is C.CC1CCCCC1.CN(CCO)CCO.COc1ccc(C2=NC=CC2)c(F)c1.COc1ccc(N2CCCCC2)cc1.Cn1cc([S+]2CCCC2)c2ccccc21.O=C(C[S+]1CCCC1)c1ccccc1.[Br-].c1ccc([S+](c2ccccc2)c2ccc(C3CCCCC3)cc2)cc1.c1ccc([S+](c2ccccc2)c2ccc(C3CCCCC3)cc2)cc1.c1ccc([S+](c2ccccc2)c2ccccc2)cc1. The Morgan fingerprint density at radius 3 is 1.15 bits per heavy atom. The number of hydrogen-bond acceptors (Lipinski definition) is 8. The molecule has 21 rings (SSSR count). The standard InChI is InChI=1S/2C24H25S.C18H15S.C13H16NS.C12H17NO.C12H15OS.C11H10FNO.C7H14.C5H13NO2.CH4.BrH/c2*1-4-10-20(11-5-1)21-16-18-24(19-17-21)25(22-12-6-2-7-13-22)23-14-8-3-9-15-23;1-4-10-16(11-5-1)19(17-12-6-2-7-13-17)18-14-8-3-9-15-18;1-14-10-13(15-8-4-5-9-15)11-6-2-3-7-12(11)14;1-14-12-7-5-11(6-8-12)13-9-3-2-4-10-13;13-12(10-14-8-4-5-9-14)11-6-2-1-3-7-11;1-14-8-4-5-9(10(12)7-8)11-3-2-6-13-11;1-7-5-3-2-4-6-7;1-6(2-4-7)3-5-8;;/h2*2-3,6-9,12-20H,1,4-5,10-11H2;1-15H;2-3,6-7,10H,4-5,8-9H2,1H3;5-8H,2-4,9-10H2,1H3;1-3,6-7H,4-5,8-10H2;2,4-7H,3H2,1H3;7H,2-6H2,1H3;7-8H,2-5H2,1H3;1H4;1H/q4*+1;;+1;;;;;/p-1. The van der Waals surface area contributed by atoms with Crippen LogP contribution in [0.4, 0.5) is 10.1 Å². The van der Waals surface area contributed by atoms with E-state index in [1.54, 1.807) is 30.3 Å². The van der Waals surface area contributed by atoms with Gasteiger partial charge in [-0.1, -0.05) is 285 Å². The molecule has 2 N–H and O–H groups in total. The molecule has 6 fully saturated rings. The number of ketones is 1. The number of Topliss-reactive ketones (excluding diaryl/α,β-unsaturated/α-hetero) is 1. The normalized spacial score (nSPS) is 15.2. The van der Waals surface area contributed by atoms with E-state index in [0.717, 1.165) is 40.5 Å². The first-order valence-electron chi connectivity index (χ1n) is 51.5. The van der Waals surface area contributed by atoms with Crippen molar-refractivity contribution in [3.63, 3.8) is 0 Å². The van der Waals surface area contributed by atoms with Gasteiger partial charge in [0.1, 0.15) is 40.3 Å². The summed E-state index contributed by atoms with van der Waals surface area (Å²) in [6, 6.07) is 126. The van der Waals surface area contributed by atoms with Gasteiger partial charge in [0.25, 0.3) is 0 Å². The zero-order valence-corrected chi connectivity index (χ0v) is 89.9. The van der Waals surface area contributed by atoms with E-state index in [2.05, 4.69) is 332 Å². The average molecular weight is 2080 g/mol. The first kappa shape index (κ1) is 113. The molecule has 0 radical (unpaired) electrons. The van der Waals surface area contributed by atoms with Crippen LogP contribution >= 0.6 is 0 Å². The van der Waals surface area contributed by atoms with Gasteiger partial charge in [-0.15, -0.1) is 0 Å². The van der Waals surface area contributed by atoms with E-state index in [1.807, 2.05) is 60.5 Å². The number of fused-ring (bicyclic) bond motifs is 1. The Kier molecular flexibility index (Phi) is 50.7. The number of aliphatic imine (C=N–C) groups is 1. The van der Waals surface area contributed by atoms with E-state index < -0.39 is 0 Å². The highest BCUT2D eigenvalue weighted by molar-refractivity contribution is 7.98. The van der Waals surface area contributed by atoms with Gasteiger partial charge in [0.05, 0.1) is 82.9 Å². The van der Waals surface area contributed by atoms with Crippen LogP contribution < -0.4 is 31.4 Å². The van der Waals surface area contributed by atoms with Gasteiger partial charge in [0.2, 0.25) is 5.78 Å². The van der Waals surface area contributed by atoms with E-state index in [9.17, 15) is 9.18 Å². The molecule has 4 aliphatic heterocycles. The number of likely N-dealkylation sites (N-methyl/N-ethyl adjacent to an activating group) is 1. The number of methoxy groups -OCH3 is 2. The topological polar surface area (TPSA) is 99.8 Å². The number of carbonyl (C=O) groups is 1. The highest BCUT2D eigenvalue weighted by Gasteiger charge is 2.34. The van der Waals surface area contributed by atoms with Gasteiger partial charge in [-0.25, -0.2) is 4.39 Å². The van der Waals surface area contributed by atoms with Gasteiger partial charge in [-0.3, -0.25) is 9.79 Å². The van der Waals surface area contributed by atoms with Crippen LogP contribution in [-0.2, 0) is 61.5 Å². The summed E-state index contributed by atoms with van der Waals surface area (Å²) in [7, 11) is 8.09. The second-order valence-electron chi connectivity index (χ2n) is 37.1. The number of para-hydroxylation sites is 1. The lowest BCUT2D eigenvalue weighted by molar-refractivity contribution is -0.0000395. The zero-order valence-electron chi connectivity index (χ0n) is 84.3. The van der Waals surface area contributed by atoms with Crippen LogP contribution in [0, 0.1) is 11.7 Å². The summed E-state index contributed by atoms with van der Waals surface area (Å²) >= 11 is 0. The Hall–Kier alpha value is -10.1. The minimum atomic E-state index is -0.285. The van der Waals surface area contributed by atoms with Crippen LogP contribution in [0.25, 0.3) is 10.9 Å². The summed E-state index contributed by atoms with van der Waals surface area (Å²) in [6.07, 6.45) is 37.5. The van der Waals surface area contributed by atoms with Gasteiger partial charge >= 0.3 is 0 Å². The average Bonchev–Trinajstić information content (AvgIpc) is 1.63. The number of aryl methyl sites for hydroxylation is 1. The first-order chi connectivity index (χ1) is 69.4. The number of aliphatic hydroxyl groups excluding tert-OH is 2. The Balaban J connectivity index is 0.000000157. The maximum atomic E-state index is 13.5. The van der Waals surface area contributed by atoms with Gasteiger partial charge in [-0.05, 0) is 275 Å². The van der Waals surface area contributed by atoms with Gasteiger partial charge < -0.3 is 51.0 Å². The maximum absolute atomic E-state index is 13.5. The van der Waals surface area contributed by atoms with Crippen LogP contribution in [0.3, 0.4) is 0 Å². The quantitative estimate of drug-likeness (QED) is 0.0486. The van der Waals surface area contributed by atoms with Crippen LogP contribution in [0.1, 0.15) is 201 Å². The molecule has 1 aromatic heterocycles. The lowest BCUT2D eigenvalue weighted by atomic mass is 9.84. The van der Waals surface area contributed by atoms with Crippen molar-refractivity contribution in [1.29, 1.82) is 0 Å². The lowest BCUT2D eigenvalue weighted by Crippen LogP contribution is -3.00. The minimum Gasteiger partial charge on any atom is -1.00 e. The number of piperidine rings is 1. The Bertz CT molecular complexity index is 5550. The van der Waals surface area contributed by atoms with Crippen molar-refractivity contribution < 1.29 is 45.9 Å². The van der Waals surface area contributed by atoms with E-state index >= 15 is 0 Å². The number of anilines is 1. The second-order valence-corrected chi connectivity index (χ2v) is 47.7. The summed E-state index contributed by atoms with van der Waals surface area (Å²) in [5.74, 6) is 10.2. The molecule has 9 nitrogen and oxygen atoms in total. The Morgan fingerprint density at radius 1 is 0.427 bits per heavy atom. The molecule has 14 aromatic rings. The fourth-order valence-electron chi connectivity index (χ4n) is 19.0. The van der Waals surface area contributed by atoms with Crippen LogP contribution in [0.5, 0.6) is 11.5 Å². The van der Waals surface area contributed by atoms with E-state index in [-0.39, 0.29) is 76.1 Å². The number of hydrogen-bond donors (Lipinski definition) is 2. The summed E-state index contributed by atoms with van der Waals surface area (Å²) in [4.78, 5) is 34.3. The Labute approximate surface area is 881 Å². The molecular weight excluding hydrogens is 1920 g/mol. The van der Waals surface area contributed by atoms with Crippen molar-refractivity contribution in [2.24, 2.45) is 18.0 Å². The van der Waals surface area contributed by atoms with Crippen molar-refractivity contribution in [1.82, 2.24) is 9.47 Å². The van der Waals surface area contributed by atoms with Crippen molar-refractivity contribution in [2.45, 2.75) is 223 Å². The third-order valence-electron chi connectivity index (χ3n) is 26.8. The Morgan fingerprint density at radius 2 is 0.783 bits per heavy atom. The minimum absolute atomic E-state index is 0. The van der Waals surface area contributed by atoms with Crippen LogP contribution in [-0.4, -0.2) is 121 Å². The molecule has 752 valence electrons.